The largest absolute Gasteiger partial charge is 0.418 e. The van der Waals surface area contributed by atoms with E-state index in [-0.39, 0.29) is 5.52 Å². The van der Waals surface area contributed by atoms with Crippen LogP contribution in [0.5, 0.6) is 0 Å². The molecule has 14 heavy (non-hydrogen) atoms. The maximum absolute atomic E-state index is 12.5. The quantitative estimate of drug-likeness (QED) is 0.668. The van der Waals surface area contributed by atoms with Crippen LogP contribution in [0.25, 0.3) is 10.2 Å². The van der Waals surface area contributed by atoms with Gasteiger partial charge < -0.3 is 0 Å². The number of hydrogen-bond acceptors (Lipinski definition) is 2. The fraction of sp³-hybridized carbons (Fsp3) is 0.125. The Hall–Kier alpha value is -0.370. The Morgan fingerprint density at radius 1 is 1.29 bits per heavy atom. The number of nitrogens with zero attached hydrogens (tertiary/aromatic N) is 1. The van der Waals surface area contributed by atoms with Crippen LogP contribution in [0, 0.1) is 3.01 Å². The molecule has 2 rings (SSSR count). The lowest BCUT2D eigenvalue weighted by molar-refractivity contribution is -0.136. The summed E-state index contributed by atoms with van der Waals surface area (Å²) in [5.74, 6) is 0. The minimum absolute atomic E-state index is 0.0504. The van der Waals surface area contributed by atoms with Crippen LogP contribution < -0.4 is 0 Å². The topological polar surface area (TPSA) is 12.9 Å². The summed E-state index contributed by atoms with van der Waals surface area (Å²) in [4.78, 5) is 3.86. The zero-order valence-corrected chi connectivity index (χ0v) is 9.57. The maximum Gasteiger partial charge on any atom is 0.418 e. The van der Waals surface area contributed by atoms with E-state index in [0.29, 0.717) is 7.71 Å². The van der Waals surface area contributed by atoms with Gasteiger partial charge in [-0.15, -0.1) is 11.3 Å². The van der Waals surface area contributed by atoms with E-state index in [4.69, 9.17) is 0 Å². The first-order chi connectivity index (χ1) is 6.48. The lowest BCUT2D eigenvalue weighted by atomic mass is 10.2. The molecule has 2 aromatic rings. The van der Waals surface area contributed by atoms with E-state index in [1.54, 1.807) is 6.07 Å². The van der Waals surface area contributed by atoms with Gasteiger partial charge in [0.05, 0.1) is 15.8 Å². The molecule has 0 bridgehead atoms. The lowest BCUT2D eigenvalue weighted by Gasteiger charge is -2.05. The Morgan fingerprint density at radius 2 is 2.00 bits per heavy atom. The summed E-state index contributed by atoms with van der Waals surface area (Å²) in [5.41, 5.74) is -0.608. The van der Waals surface area contributed by atoms with Crippen molar-refractivity contribution in [3.8, 4) is 0 Å². The van der Waals surface area contributed by atoms with Gasteiger partial charge in [0, 0.05) is 0 Å². The van der Waals surface area contributed by atoms with Gasteiger partial charge in [-0.1, -0.05) is 6.07 Å². The zero-order valence-electron chi connectivity index (χ0n) is 6.60. The van der Waals surface area contributed by atoms with Gasteiger partial charge in [0.25, 0.3) is 0 Å². The zero-order chi connectivity index (χ0) is 10.3. The number of aromatic nitrogens is 1. The molecular weight excluding hydrogens is 326 g/mol. The predicted octanol–water partition coefficient (Wildman–Crippen LogP) is 3.92. The second kappa shape index (κ2) is 3.34. The van der Waals surface area contributed by atoms with E-state index in [1.165, 1.54) is 17.4 Å². The van der Waals surface area contributed by atoms with Crippen LogP contribution in [0.15, 0.2) is 18.2 Å². The minimum atomic E-state index is -4.32. The molecule has 0 saturated heterocycles. The normalized spacial score (nSPS) is 12.3. The molecule has 0 aliphatic carbocycles. The minimum Gasteiger partial charge on any atom is -0.229 e. The molecule has 0 saturated carbocycles. The fourth-order valence-electron chi connectivity index (χ4n) is 1.15. The van der Waals surface area contributed by atoms with Crippen molar-refractivity contribution in [3.63, 3.8) is 0 Å². The van der Waals surface area contributed by atoms with Gasteiger partial charge in [0.15, 0.2) is 3.01 Å². The highest BCUT2D eigenvalue weighted by Gasteiger charge is 2.33. The maximum atomic E-state index is 12.5. The van der Waals surface area contributed by atoms with E-state index in [9.17, 15) is 13.2 Å². The molecule has 1 aromatic carbocycles. The van der Waals surface area contributed by atoms with Crippen molar-refractivity contribution in [1.29, 1.82) is 0 Å². The van der Waals surface area contributed by atoms with Gasteiger partial charge in [-0.3, -0.25) is 0 Å². The van der Waals surface area contributed by atoms with Gasteiger partial charge in [-0.05, 0) is 34.7 Å². The van der Waals surface area contributed by atoms with E-state index >= 15 is 0 Å². The number of thiazole rings is 1. The van der Waals surface area contributed by atoms with Gasteiger partial charge in [-0.2, -0.15) is 13.2 Å². The molecule has 0 fully saturated rings. The third-order valence-corrected chi connectivity index (χ3v) is 3.41. The predicted molar refractivity (Wildman–Crippen MR) is 57.3 cm³/mol. The monoisotopic (exact) mass is 329 g/mol. The Morgan fingerprint density at radius 3 is 2.64 bits per heavy atom. The third kappa shape index (κ3) is 1.72. The highest BCUT2D eigenvalue weighted by atomic mass is 127. The van der Waals surface area contributed by atoms with E-state index in [0.717, 1.165) is 6.07 Å². The summed E-state index contributed by atoms with van der Waals surface area (Å²) in [6, 6.07) is 4.10. The lowest BCUT2D eigenvalue weighted by Crippen LogP contribution is -2.05. The van der Waals surface area contributed by atoms with Crippen LogP contribution >= 0.6 is 33.9 Å². The van der Waals surface area contributed by atoms with Crippen LogP contribution in [-0.2, 0) is 6.18 Å². The second-order valence-corrected chi connectivity index (χ2v) is 5.40. The molecule has 0 amide bonds. The SMILES string of the molecule is FC(F)(F)c1cccc2sc(I)nc12. The average molecular weight is 329 g/mol. The van der Waals surface area contributed by atoms with Gasteiger partial charge in [0.2, 0.25) is 0 Å². The van der Waals surface area contributed by atoms with Crippen LogP contribution in [0.1, 0.15) is 5.56 Å². The molecule has 0 atom stereocenters. The third-order valence-electron chi connectivity index (χ3n) is 1.70. The van der Waals surface area contributed by atoms with Crippen LogP contribution in [-0.4, -0.2) is 4.98 Å². The standard InChI is InChI=1S/C8H3F3INS/c9-8(10,11)4-2-1-3-5-6(4)13-7(12)14-5/h1-3H. The highest BCUT2D eigenvalue weighted by Crippen LogP contribution is 2.36. The molecule has 74 valence electrons. The molecule has 0 aliphatic rings. The molecule has 1 nitrogen and oxygen atoms in total. The van der Waals surface area contributed by atoms with E-state index in [2.05, 4.69) is 4.98 Å². The molecule has 0 unspecified atom stereocenters. The average Bonchev–Trinajstić information content (AvgIpc) is 2.41. The summed E-state index contributed by atoms with van der Waals surface area (Å²) in [5, 5.41) is 0. The Bertz CT molecular complexity index is 477. The number of para-hydroxylation sites is 1. The molecule has 0 aliphatic heterocycles. The smallest absolute Gasteiger partial charge is 0.229 e. The molecular formula is C8H3F3INS. The first-order valence-corrected chi connectivity index (χ1v) is 5.50. The van der Waals surface area contributed by atoms with Gasteiger partial charge in [-0.25, -0.2) is 4.98 Å². The van der Waals surface area contributed by atoms with Crippen molar-refractivity contribution < 1.29 is 13.2 Å². The van der Waals surface area contributed by atoms with Crippen molar-refractivity contribution in [1.82, 2.24) is 4.98 Å². The molecule has 0 spiro atoms. The van der Waals surface area contributed by atoms with Gasteiger partial charge >= 0.3 is 6.18 Å². The Balaban J connectivity index is 2.77. The van der Waals surface area contributed by atoms with Gasteiger partial charge in [0.1, 0.15) is 0 Å². The van der Waals surface area contributed by atoms with Crippen molar-refractivity contribution in [2.45, 2.75) is 6.18 Å². The van der Waals surface area contributed by atoms with Crippen molar-refractivity contribution in [3.05, 3.63) is 26.8 Å². The van der Waals surface area contributed by atoms with Crippen molar-refractivity contribution in [2.75, 3.05) is 0 Å². The van der Waals surface area contributed by atoms with Crippen molar-refractivity contribution in [2.24, 2.45) is 0 Å². The number of benzene rings is 1. The highest BCUT2D eigenvalue weighted by molar-refractivity contribution is 14.1. The molecule has 0 N–H and O–H groups in total. The Labute approximate surface area is 95.1 Å². The summed E-state index contributed by atoms with van der Waals surface area (Å²) in [6.07, 6.45) is -4.32. The number of hydrogen-bond donors (Lipinski definition) is 0. The summed E-state index contributed by atoms with van der Waals surface area (Å²) >= 11 is 3.18. The molecule has 1 heterocycles. The number of rotatable bonds is 0. The second-order valence-electron chi connectivity index (χ2n) is 2.62. The van der Waals surface area contributed by atoms with E-state index < -0.39 is 11.7 Å². The number of fused-ring (bicyclic) bond motifs is 1. The summed E-state index contributed by atoms with van der Waals surface area (Å²) in [7, 11) is 0. The van der Waals surface area contributed by atoms with E-state index in [1.807, 2.05) is 22.6 Å². The summed E-state index contributed by atoms with van der Waals surface area (Å²) < 4.78 is 38.7. The summed E-state index contributed by atoms with van der Waals surface area (Å²) in [6.45, 7) is 0. The molecule has 6 heteroatoms. The molecule has 0 radical (unpaired) electrons. The molecule has 1 aromatic heterocycles. The number of halogens is 4. The van der Waals surface area contributed by atoms with Crippen molar-refractivity contribution >= 4 is 44.1 Å². The fourth-order valence-corrected chi connectivity index (χ4v) is 2.82. The van der Waals surface area contributed by atoms with Crippen LogP contribution in [0.2, 0.25) is 0 Å². The number of alkyl halides is 3. The Kier molecular flexibility index (Phi) is 2.42. The van der Waals surface area contributed by atoms with Crippen LogP contribution in [0.4, 0.5) is 13.2 Å². The first kappa shape index (κ1) is 10.2. The first-order valence-electron chi connectivity index (χ1n) is 3.61. The van der Waals surface area contributed by atoms with Crippen LogP contribution in [0.3, 0.4) is 0 Å².